The first kappa shape index (κ1) is 20.8. The van der Waals surface area contributed by atoms with Gasteiger partial charge in [-0.1, -0.05) is 36.4 Å². The molecule has 33 heavy (non-hydrogen) atoms. The summed E-state index contributed by atoms with van der Waals surface area (Å²) < 4.78 is 10.5. The van der Waals surface area contributed by atoms with Crippen LogP contribution < -0.4 is 20.3 Å². The molecule has 8 heteroatoms. The first-order valence-electron chi connectivity index (χ1n) is 10.9. The zero-order chi connectivity index (χ0) is 22.8. The van der Waals surface area contributed by atoms with Crippen LogP contribution in [0.2, 0.25) is 0 Å². The van der Waals surface area contributed by atoms with Gasteiger partial charge in [0.2, 0.25) is 12.7 Å². The predicted molar refractivity (Wildman–Crippen MR) is 121 cm³/mol. The van der Waals surface area contributed by atoms with E-state index in [1.807, 2.05) is 42.5 Å². The fraction of sp³-hybridized carbons (Fsp3) is 0.240. The fourth-order valence-corrected chi connectivity index (χ4v) is 4.29. The number of carbonyl (C=O) groups excluding carboxylic acids is 3. The number of benzene rings is 3. The third-order valence-corrected chi connectivity index (χ3v) is 6.03. The highest BCUT2D eigenvalue weighted by atomic mass is 16.7. The molecule has 1 saturated heterocycles. The summed E-state index contributed by atoms with van der Waals surface area (Å²) in [5.74, 6) is -0.207. The lowest BCUT2D eigenvalue weighted by Crippen LogP contribution is -2.50. The Hall–Kier alpha value is -4.07. The number of hydrazine groups is 1. The molecule has 0 saturated carbocycles. The highest BCUT2D eigenvalue weighted by molar-refractivity contribution is 6.07. The van der Waals surface area contributed by atoms with Gasteiger partial charge in [-0.15, -0.1) is 0 Å². The standard InChI is InChI=1S/C25H23N3O5/c29-23(17-10-11-21-22(13-17)33-15-32-21)26-27-24(30)18-7-4-12-28(14-18)25(31)20-9-3-6-16-5-1-2-8-19(16)20/h1-3,5-6,8-11,13,18H,4,7,12,14-15H2,(H,26,29)(H,27,30). The second-order valence-corrected chi connectivity index (χ2v) is 8.13. The number of piperidine rings is 1. The number of nitrogens with zero attached hydrogens (tertiary/aromatic N) is 1. The van der Waals surface area contributed by atoms with E-state index >= 15 is 0 Å². The molecule has 0 aliphatic carbocycles. The molecule has 2 aliphatic rings. The zero-order valence-corrected chi connectivity index (χ0v) is 17.9. The second-order valence-electron chi connectivity index (χ2n) is 8.13. The van der Waals surface area contributed by atoms with Crippen molar-refractivity contribution in [1.29, 1.82) is 0 Å². The average Bonchev–Trinajstić information content (AvgIpc) is 3.34. The van der Waals surface area contributed by atoms with Gasteiger partial charge in [0.05, 0.1) is 5.92 Å². The first-order valence-corrected chi connectivity index (χ1v) is 10.9. The van der Waals surface area contributed by atoms with Crippen LogP contribution in [0.4, 0.5) is 0 Å². The van der Waals surface area contributed by atoms with Crippen molar-refractivity contribution in [3.8, 4) is 11.5 Å². The quantitative estimate of drug-likeness (QED) is 0.605. The molecule has 1 atom stereocenters. The van der Waals surface area contributed by atoms with Crippen LogP contribution >= 0.6 is 0 Å². The second kappa shape index (κ2) is 8.82. The lowest BCUT2D eigenvalue weighted by atomic mass is 9.96. The molecule has 0 bridgehead atoms. The molecule has 2 aliphatic heterocycles. The number of likely N-dealkylation sites (tertiary alicyclic amines) is 1. The molecule has 0 spiro atoms. The maximum absolute atomic E-state index is 13.2. The minimum absolute atomic E-state index is 0.0892. The number of rotatable bonds is 3. The van der Waals surface area contributed by atoms with Gasteiger partial charge in [-0.3, -0.25) is 25.2 Å². The van der Waals surface area contributed by atoms with Gasteiger partial charge in [0.25, 0.3) is 11.8 Å². The molecule has 3 amide bonds. The number of hydrogen-bond acceptors (Lipinski definition) is 5. The van der Waals surface area contributed by atoms with E-state index in [1.165, 1.54) is 0 Å². The van der Waals surface area contributed by atoms with E-state index in [4.69, 9.17) is 9.47 Å². The SMILES string of the molecule is O=C(NNC(=O)C1CCCN(C(=O)c2cccc3ccccc23)C1)c1ccc2c(c1)OCO2. The summed E-state index contributed by atoms with van der Waals surface area (Å²) in [6.07, 6.45) is 1.36. The van der Waals surface area contributed by atoms with Gasteiger partial charge < -0.3 is 14.4 Å². The molecule has 2 N–H and O–H groups in total. The van der Waals surface area contributed by atoms with Crippen molar-refractivity contribution in [3.05, 3.63) is 71.8 Å². The molecule has 0 aromatic heterocycles. The minimum atomic E-state index is -0.457. The van der Waals surface area contributed by atoms with E-state index in [0.717, 1.165) is 10.8 Å². The monoisotopic (exact) mass is 445 g/mol. The number of nitrogens with one attached hydrogen (secondary N) is 2. The van der Waals surface area contributed by atoms with Crippen molar-refractivity contribution >= 4 is 28.5 Å². The summed E-state index contributed by atoms with van der Waals surface area (Å²) in [6, 6.07) is 18.2. The van der Waals surface area contributed by atoms with Crippen LogP contribution in [0, 0.1) is 5.92 Å². The smallest absolute Gasteiger partial charge is 0.269 e. The summed E-state index contributed by atoms with van der Waals surface area (Å²) in [5, 5.41) is 1.90. The Morgan fingerprint density at radius 3 is 2.64 bits per heavy atom. The molecule has 0 radical (unpaired) electrons. The van der Waals surface area contributed by atoms with Crippen molar-refractivity contribution in [1.82, 2.24) is 15.8 Å². The highest BCUT2D eigenvalue weighted by Gasteiger charge is 2.30. The summed E-state index contributed by atoms with van der Waals surface area (Å²) in [7, 11) is 0. The maximum atomic E-state index is 13.2. The van der Waals surface area contributed by atoms with E-state index in [-0.39, 0.29) is 18.6 Å². The number of ether oxygens (including phenoxy) is 2. The van der Waals surface area contributed by atoms with Crippen LogP contribution in [-0.4, -0.2) is 42.5 Å². The number of hydrogen-bond donors (Lipinski definition) is 2. The van der Waals surface area contributed by atoms with Gasteiger partial charge in [0.1, 0.15) is 0 Å². The Morgan fingerprint density at radius 2 is 1.73 bits per heavy atom. The van der Waals surface area contributed by atoms with Crippen molar-refractivity contribution in [2.45, 2.75) is 12.8 Å². The normalized spacial score (nSPS) is 17.0. The molecule has 2 heterocycles. The molecule has 168 valence electrons. The van der Waals surface area contributed by atoms with Gasteiger partial charge in [-0.25, -0.2) is 0 Å². The number of carbonyl (C=O) groups is 3. The first-order chi connectivity index (χ1) is 16.1. The Bertz CT molecular complexity index is 1240. The van der Waals surface area contributed by atoms with Crippen molar-refractivity contribution in [2.75, 3.05) is 19.9 Å². The molecule has 1 fully saturated rings. The molecular weight excluding hydrogens is 422 g/mol. The third-order valence-electron chi connectivity index (χ3n) is 6.03. The van der Waals surface area contributed by atoms with E-state index in [1.54, 1.807) is 23.1 Å². The molecule has 3 aromatic carbocycles. The molecule has 1 unspecified atom stereocenters. The van der Waals surface area contributed by atoms with Gasteiger partial charge >= 0.3 is 0 Å². The van der Waals surface area contributed by atoms with Crippen LogP contribution in [0.5, 0.6) is 11.5 Å². The van der Waals surface area contributed by atoms with Crippen LogP contribution in [0.15, 0.2) is 60.7 Å². The third kappa shape index (κ3) is 4.19. The maximum Gasteiger partial charge on any atom is 0.269 e. The Balaban J connectivity index is 1.22. The zero-order valence-electron chi connectivity index (χ0n) is 17.9. The Kier molecular flexibility index (Phi) is 5.56. The van der Waals surface area contributed by atoms with Crippen molar-refractivity contribution < 1.29 is 23.9 Å². The van der Waals surface area contributed by atoms with Crippen LogP contribution in [0.25, 0.3) is 10.8 Å². The van der Waals surface area contributed by atoms with Crippen LogP contribution in [0.1, 0.15) is 33.6 Å². The van der Waals surface area contributed by atoms with Crippen LogP contribution in [0.3, 0.4) is 0 Å². The van der Waals surface area contributed by atoms with E-state index in [2.05, 4.69) is 10.9 Å². The van der Waals surface area contributed by atoms with Gasteiger partial charge in [-0.05, 0) is 47.9 Å². The minimum Gasteiger partial charge on any atom is -0.454 e. The lowest BCUT2D eigenvalue weighted by molar-refractivity contribution is -0.127. The van der Waals surface area contributed by atoms with Crippen LogP contribution in [-0.2, 0) is 4.79 Å². The summed E-state index contributed by atoms with van der Waals surface area (Å²) in [5.41, 5.74) is 5.92. The van der Waals surface area contributed by atoms with E-state index < -0.39 is 11.8 Å². The summed E-state index contributed by atoms with van der Waals surface area (Å²) in [6.45, 7) is 1.01. The molecule has 3 aromatic rings. The fourth-order valence-electron chi connectivity index (χ4n) is 4.29. The predicted octanol–water partition coefficient (Wildman–Crippen LogP) is 2.88. The Labute approximate surface area is 190 Å². The lowest BCUT2D eigenvalue weighted by Gasteiger charge is -2.32. The van der Waals surface area contributed by atoms with E-state index in [9.17, 15) is 14.4 Å². The summed E-state index contributed by atoms with van der Waals surface area (Å²) in [4.78, 5) is 40.1. The average molecular weight is 445 g/mol. The highest BCUT2D eigenvalue weighted by Crippen LogP contribution is 2.32. The largest absolute Gasteiger partial charge is 0.454 e. The number of amides is 3. The molecule has 8 nitrogen and oxygen atoms in total. The van der Waals surface area contributed by atoms with Gasteiger partial charge in [-0.2, -0.15) is 0 Å². The van der Waals surface area contributed by atoms with Gasteiger partial charge in [0.15, 0.2) is 11.5 Å². The van der Waals surface area contributed by atoms with Crippen molar-refractivity contribution in [3.63, 3.8) is 0 Å². The topological polar surface area (TPSA) is 97.0 Å². The van der Waals surface area contributed by atoms with E-state index in [0.29, 0.717) is 48.6 Å². The molecule has 5 rings (SSSR count). The number of fused-ring (bicyclic) bond motifs is 2. The Morgan fingerprint density at radius 1 is 0.909 bits per heavy atom. The van der Waals surface area contributed by atoms with Gasteiger partial charge in [0, 0.05) is 24.2 Å². The van der Waals surface area contributed by atoms with Crippen molar-refractivity contribution in [2.24, 2.45) is 5.92 Å². The molecular formula is C25H23N3O5. The summed E-state index contributed by atoms with van der Waals surface area (Å²) >= 11 is 0.